The van der Waals surface area contributed by atoms with Crippen LogP contribution < -0.4 is 10.6 Å². The maximum atomic E-state index is 12.3. The maximum Gasteiger partial charge on any atom is 0.323 e. The summed E-state index contributed by atoms with van der Waals surface area (Å²) in [7, 11) is 0. The van der Waals surface area contributed by atoms with E-state index in [4.69, 9.17) is 4.42 Å². The van der Waals surface area contributed by atoms with Crippen LogP contribution >= 0.6 is 0 Å². The lowest BCUT2D eigenvalue weighted by atomic mass is 10.1. The van der Waals surface area contributed by atoms with E-state index in [2.05, 4.69) is 27.8 Å². The van der Waals surface area contributed by atoms with E-state index in [1.165, 1.54) is 0 Å². The minimum atomic E-state index is -0.289. The lowest BCUT2D eigenvalue weighted by Crippen LogP contribution is -2.20. The Labute approximate surface area is 168 Å². The van der Waals surface area contributed by atoms with Crippen LogP contribution in [0.5, 0.6) is 0 Å². The van der Waals surface area contributed by atoms with E-state index in [0.29, 0.717) is 17.5 Å². The van der Waals surface area contributed by atoms with Crippen LogP contribution in [0.4, 0.5) is 16.2 Å². The predicted octanol–water partition coefficient (Wildman–Crippen LogP) is 5.61. The van der Waals surface area contributed by atoms with Gasteiger partial charge < -0.3 is 15.1 Å². The number of benzene rings is 3. The number of carbonyl (C=O) groups is 1. The SMILES string of the molecule is CCc1ccccc1NC(=O)Nc1ccc(-c2nnc(-c3ccccc3)o2)cc1. The number of nitrogens with one attached hydrogen (secondary N) is 2. The van der Waals surface area contributed by atoms with E-state index >= 15 is 0 Å². The highest BCUT2D eigenvalue weighted by atomic mass is 16.4. The summed E-state index contributed by atoms with van der Waals surface area (Å²) in [4.78, 5) is 12.3. The van der Waals surface area contributed by atoms with Crippen molar-refractivity contribution < 1.29 is 9.21 Å². The fourth-order valence-electron chi connectivity index (χ4n) is 2.97. The summed E-state index contributed by atoms with van der Waals surface area (Å²) in [5.41, 5.74) is 4.21. The summed E-state index contributed by atoms with van der Waals surface area (Å²) in [5, 5.41) is 13.9. The molecule has 0 atom stereocenters. The standard InChI is InChI=1S/C23H20N4O2/c1-2-16-8-6-7-11-20(16)25-23(28)24-19-14-12-18(13-15-19)22-27-26-21(29-22)17-9-4-3-5-10-17/h3-15H,2H2,1H3,(H2,24,25,28). The number of nitrogens with zero attached hydrogens (tertiary/aromatic N) is 2. The number of rotatable bonds is 5. The Balaban J connectivity index is 1.43. The third kappa shape index (κ3) is 4.32. The van der Waals surface area contributed by atoms with Crippen molar-refractivity contribution in [1.29, 1.82) is 0 Å². The van der Waals surface area contributed by atoms with E-state index in [1.807, 2.05) is 66.7 Å². The molecule has 2 N–H and O–H groups in total. The highest BCUT2D eigenvalue weighted by Gasteiger charge is 2.11. The van der Waals surface area contributed by atoms with Crippen molar-refractivity contribution in [2.24, 2.45) is 0 Å². The van der Waals surface area contributed by atoms with Crippen molar-refractivity contribution in [3.63, 3.8) is 0 Å². The van der Waals surface area contributed by atoms with Crippen LogP contribution in [0.3, 0.4) is 0 Å². The molecule has 3 aromatic carbocycles. The van der Waals surface area contributed by atoms with Crippen LogP contribution in [0.2, 0.25) is 0 Å². The van der Waals surface area contributed by atoms with E-state index < -0.39 is 0 Å². The first-order valence-corrected chi connectivity index (χ1v) is 9.38. The van der Waals surface area contributed by atoms with Gasteiger partial charge in [-0.2, -0.15) is 0 Å². The van der Waals surface area contributed by atoms with Crippen LogP contribution in [0.1, 0.15) is 12.5 Å². The molecular weight excluding hydrogens is 364 g/mol. The number of amides is 2. The minimum absolute atomic E-state index is 0.289. The fraction of sp³-hybridized carbons (Fsp3) is 0.0870. The van der Waals surface area contributed by atoms with Crippen LogP contribution in [-0.2, 0) is 6.42 Å². The van der Waals surface area contributed by atoms with E-state index in [1.54, 1.807) is 12.1 Å². The van der Waals surface area contributed by atoms with Crippen molar-refractivity contribution in [3.8, 4) is 22.9 Å². The van der Waals surface area contributed by atoms with Gasteiger partial charge in [0, 0.05) is 22.5 Å². The zero-order valence-electron chi connectivity index (χ0n) is 15.9. The highest BCUT2D eigenvalue weighted by Crippen LogP contribution is 2.25. The molecule has 4 rings (SSSR count). The first-order valence-electron chi connectivity index (χ1n) is 9.38. The molecule has 0 saturated carbocycles. The number of hydrogen-bond acceptors (Lipinski definition) is 4. The van der Waals surface area contributed by atoms with Crippen LogP contribution in [-0.4, -0.2) is 16.2 Å². The van der Waals surface area contributed by atoms with Crippen molar-refractivity contribution in [1.82, 2.24) is 10.2 Å². The number of aromatic nitrogens is 2. The summed E-state index contributed by atoms with van der Waals surface area (Å²) >= 11 is 0. The molecule has 0 bridgehead atoms. The molecule has 4 aromatic rings. The Hall–Kier alpha value is -3.93. The summed E-state index contributed by atoms with van der Waals surface area (Å²) < 4.78 is 5.76. The molecule has 0 radical (unpaired) electrons. The Morgan fingerprint density at radius 2 is 1.41 bits per heavy atom. The summed E-state index contributed by atoms with van der Waals surface area (Å²) in [5.74, 6) is 0.897. The van der Waals surface area contributed by atoms with Gasteiger partial charge in [0.25, 0.3) is 0 Å². The molecule has 0 aliphatic carbocycles. The average molecular weight is 384 g/mol. The van der Waals surface area contributed by atoms with E-state index in [0.717, 1.165) is 28.8 Å². The zero-order valence-corrected chi connectivity index (χ0v) is 15.9. The van der Waals surface area contributed by atoms with Gasteiger partial charge in [-0.25, -0.2) is 4.79 Å². The highest BCUT2D eigenvalue weighted by molar-refractivity contribution is 6.00. The summed E-state index contributed by atoms with van der Waals surface area (Å²) in [6, 6.07) is 24.3. The van der Waals surface area contributed by atoms with Gasteiger partial charge in [0.2, 0.25) is 11.8 Å². The molecule has 1 aromatic heterocycles. The molecule has 0 aliphatic heterocycles. The molecule has 0 spiro atoms. The molecule has 2 amide bonds. The predicted molar refractivity (Wildman–Crippen MR) is 114 cm³/mol. The van der Waals surface area contributed by atoms with Gasteiger partial charge in [-0.1, -0.05) is 43.3 Å². The number of aryl methyl sites for hydroxylation is 1. The lowest BCUT2D eigenvalue weighted by molar-refractivity contribution is 0.262. The average Bonchev–Trinajstić information content (AvgIpc) is 3.25. The summed E-state index contributed by atoms with van der Waals surface area (Å²) in [6.07, 6.45) is 0.848. The van der Waals surface area contributed by atoms with Gasteiger partial charge in [-0.15, -0.1) is 10.2 Å². The maximum absolute atomic E-state index is 12.3. The quantitative estimate of drug-likeness (QED) is 0.469. The molecule has 0 aliphatic rings. The van der Waals surface area contributed by atoms with Gasteiger partial charge in [-0.05, 0) is 54.4 Å². The van der Waals surface area contributed by atoms with Gasteiger partial charge >= 0.3 is 6.03 Å². The van der Waals surface area contributed by atoms with E-state index in [9.17, 15) is 4.79 Å². The number of para-hydroxylation sites is 1. The molecule has 6 nitrogen and oxygen atoms in total. The van der Waals surface area contributed by atoms with Gasteiger partial charge in [0.1, 0.15) is 0 Å². The van der Waals surface area contributed by atoms with Gasteiger partial charge in [0.05, 0.1) is 0 Å². The number of hydrogen-bond donors (Lipinski definition) is 2. The number of anilines is 2. The number of urea groups is 1. The second kappa shape index (κ2) is 8.39. The van der Waals surface area contributed by atoms with Crippen molar-refractivity contribution >= 4 is 17.4 Å². The normalized spacial score (nSPS) is 10.5. The monoisotopic (exact) mass is 384 g/mol. The van der Waals surface area contributed by atoms with Crippen molar-refractivity contribution in [2.45, 2.75) is 13.3 Å². The first-order chi connectivity index (χ1) is 14.2. The topological polar surface area (TPSA) is 80.0 Å². The third-order valence-electron chi connectivity index (χ3n) is 4.48. The molecule has 0 fully saturated rings. The first kappa shape index (κ1) is 18.4. The Morgan fingerprint density at radius 1 is 0.793 bits per heavy atom. The van der Waals surface area contributed by atoms with E-state index in [-0.39, 0.29) is 6.03 Å². The Bertz CT molecular complexity index is 1110. The van der Waals surface area contributed by atoms with Crippen LogP contribution in [0.25, 0.3) is 22.9 Å². The molecule has 6 heteroatoms. The van der Waals surface area contributed by atoms with Crippen LogP contribution in [0, 0.1) is 0 Å². The molecule has 144 valence electrons. The van der Waals surface area contributed by atoms with Crippen molar-refractivity contribution in [3.05, 3.63) is 84.4 Å². The Kier molecular flexibility index (Phi) is 5.33. The molecule has 29 heavy (non-hydrogen) atoms. The molecule has 0 unspecified atom stereocenters. The molecular formula is C23H20N4O2. The Morgan fingerprint density at radius 3 is 2.10 bits per heavy atom. The van der Waals surface area contributed by atoms with Crippen LogP contribution in [0.15, 0.2) is 83.3 Å². The third-order valence-corrected chi connectivity index (χ3v) is 4.48. The molecule has 1 heterocycles. The lowest BCUT2D eigenvalue weighted by Gasteiger charge is -2.11. The largest absolute Gasteiger partial charge is 0.416 e. The zero-order chi connectivity index (χ0) is 20.1. The molecule has 0 saturated heterocycles. The fourth-order valence-corrected chi connectivity index (χ4v) is 2.97. The second-order valence-corrected chi connectivity index (χ2v) is 6.45. The second-order valence-electron chi connectivity index (χ2n) is 6.45. The smallest absolute Gasteiger partial charge is 0.323 e. The number of carbonyl (C=O) groups excluding carboxylic acids is 1. The minimum Gasteiger partial charge on any atom is -0.416 e. The van der Waals surface area contributed by atoms with Crippen molar-refractivity contribution in [2.75, 3.05) is 10.6 Å². The summed E-state index contributed by atoms with van der Waals surface area (Å²) in [6.45, 7) is 2.05. The van der Waals surface area contributed by atoms with Gasteiger partial charge in [-0.3, -0.25) is 0 Å². The van der Waals surface area contributed by atoms with Gasteiger partial charge in [0.15, 0.2) is 0 Å².